The molecule has 0 fully saturated rings. The van der Waals surface area contributed by atoms with Crippen molar-refractivity contribution >= 4 is 16.4 Å². The third-order valence-electron chi connectivity index (χ3n) is 1.65. The molecule has 17 heavy (non-hydrogen) atoms. The minimum Gasteiger partial charge on any atom is -1.00 e. The van der Waals surface area contributed by atoms with Crippen molar-refractivity contribution in [2.24, 2.45) is 0 Å². The fraction of sp³-hybridized carbons (Fsp3) is 0.500. The quantitative estimate of drug-likeness (QED) is 0.225. The van der Waals surface area contributed by atoms with Gasteiger partial charge in [-0.3, -0.25) is 4.55 Å². The van der Waals surface area contributed by atoms with Crippen LogP contribution in [0.5, 0.6) is 0 Å². The Kier molecular flexibility index (Phi) is 5.87. The van der Waals surface area contributed by atoms with Crippen LogP contribution in [0, 0.1) is 0 Å². The number of ether oxygens (including phenoxy) is 1. The number of carbonyl (C=O) groups is 1. The van der Waals surface area contributed by atoms with Gasteiger partial charge in [0.05, 0.1) is 6.61 Å². The number of hydrogen-bond acceptors (Lipinski definition) is 8. The number of aliphatic hydroxyl groups excluding tert-OH is 3. The molecular formula is C6H9NaO9S. The van der Waals surface area contributed by atoms with Crippen molar-refractivity contribution in [3.8, 4) is 0 Å². The summed E-state index contributed by atoms with van der Waals surface area (Å²) in [6.07, 6.45) is -3.26. The first kappa shape index (κ1) is 16.6. The van der Waals surface area contributed by atoms with Crippen LogP contribution in [0.4, 0.5) is 0 Å². The predicted octanol–water partition coefficient (Wildman–Crippen LogP) is -5.03. The summed E-state index contributed by atoms with van der Waals surface area (Å²) < 4.78 is 36.9. The number of esters is 1. The molecule has 4 N–H and O–H groups in total. The van der Waals surface area contributed by atoms with Crippen LogP contribution in [0.3, 0.4) is 0 Å². The van der Waals surface area contributed by atoms with E-state index in [9.17, 15) is 18.3 Å². The molecule has 1 rings (SSSR count). The average Bonchev–Trinajstić information content (AvgIpc) is 2.42. The Bertz CT molecular complexity index is 432. The maximum absolute atomic E-state index is 11.0. The summed E-state index contributed by atoms with van der Waals surface area (Å²) in [6, 6.07) is 0. The molecule has 0 spiro atoms. The molecule has 0 aliphatic carbocycles. The van der Waals surface area contributed by atoms with Crippen LogP contribution in [0.15, 0.2) is 11.5 Å². The van der Waals surface area contributed by atoms with E-state index in [1.807, 2.05) is 0 Å². The van der Waals surface area contributed by atoms with E-state index in [4.69, 9.17) is 14.8 Å². The number of cyclic esters (lactones) is 1. The summed E-state index contributed by atoms with van der Waals surface area (Å²) in [5.74, 6) is -3.56. The summed E-state index contributed by atoms with van der Waals surface area (Å²) in [4.78, 5) is 11.0. The van der Waals surface area contributed by atoms with Gasteiger partial charge in [0.1, 0.15) is 6.10 Å². The molecule has 0 amide bonds. The first-order valence-corrected chi connectivity index (χ1v) is 5.22. The molecule has 11 heteroatoms. The minimum absolute atomic E-state index is 0. The van der Waals surface area contributed by atoms with Crippen LogP contribution in [-0.4, -0.2) is 53.1 Å². The van der Waals surface area contributed by atoms with Crippen molar-refractivity contribution in [3.05, 3.63) is 11.5 Å². The van der Waals surface area contributed by atoms with E-state index in [2.05, 4.69) is 8.92 Å². The molecule has 1 heterocycles. The van der Waals surface area contributed by atoms with E-state index in [-0.39, 0.29) is 31.0 Å². The zero-order valence-corrected chi connectivity index (χ0v) is 11.4. The van der Waals surface area contributed by atoms with E-state index in [1.165, 1.54) is 0 Å². The van der Waals surface area contributed by atoms with Gasteiger partial charge < -0.3 is 25.7 Å². The van der Waals surface area contributed by atoms with E-state index in [0.717, 1.165) is 0 Å². The molecule has 0 aromatic carbocycles. The second kappa shape index (κ2) is 6.00. The van der Waals surface area contributed by atoms with E-state index >= 15 is 0 Å². The van der Waals surface area contributed by atoms with Gasteiger partial charge in [0.25, 0.3) is 5.76 Å². The largest absolute Gasteiger partial charge is 1.00 e. The normalized spacial score (nSPS) is 21.8. The summed E-state index contributed by atoms with van der Waals surface area (Å²) in [5.41, 5.74) is 0. The topological polar surface area (TPSA) is 151 Å². The Labute approximate surface area is 119 Å². The molecule has 0 aromatic rings. The van der Waals surface area contributed by atoms with Gasteiger partial charge in [-0.05, 0) is 0 Å². The van der Waals surface area contributed by atoms with Gasteiger partial charge in [-0.25, -0.2) is 4.79 Å². The standard InChI is InChI=1S/C6H8O9S.Na.H/c7-1-2(8)4-3(9)5(6(10)14-4)15-16(11,12)13;;/h2,4,7-9H,1H2,(H,11,12,13);;/q;+1;-1/t2-,4+;;/m0../s1. The molecule has 9 nitrogen and oxygen atoms in total. The third kappa shape index (κ3) is 4.10. The molecule has 0 bridgehead atoms. The van der Waals surface area contributed by atoms with Crippen LogP contribution in [-0.2, 0) is 24.1 Å². The van der Waals surface area contributed by atoms with Crippen LogP contribution in [0.1, 0.15) is 1.43 Å². The summed E-state index contributed by atoms with van der Waals surface area (Å²) >= 11 is 0. The van der Waals surface area contributed by atoms with Crippen LogP contribution < -0.4 is 29.6 Å². The van der Waals surface area contributed by atoms with Gasteiger partial charge in [0, 0.05) is 0 Å². The van der Waals surface area contributed by atoms with E-state index in [1.54, 1.807) is 0 Å². The molecule has 0 saturated carbocycles. The molecule has 0 saturated heterocycles. The number of rotatable bonds is 4. The first-order chi connectivity index (χ1) is 7.26. The van der Waals surface area contributed by atoms with Gasteiger partial charge in [-0.1, -0.05) is 0 Å². The zero-order valence-electron chi connectivity index (χ0n) is 9.60. The third-order valence-corrected chi connectivity index (χ3v) is 2.02. The molecule has 1 aliphatic heterocycles. The molecule has 2 atom stereocenters. The fourth-order valence-corrected chi connectivity index (χ4v) is 1.36. The van der Waals surface area contributed by atoms with Crippen molar-refractivity contribution in [2.75, 3.05) is 6.61 Å². The molecule has 0 radical (unpaired) electrons. The van der Waals surface area contributed by atoms with Gasteiger partial charge in [0.2, 0.25) is 0 Å². The smallest absolute Gasteiger partial charge is 1.00 e. The maximum Gasteiger partial charge on any atom is 1.00 e. The van der Waals surface area contributed by atoms with Gasteiger partial charge in [-0.2, -0.15) is 8.42 Å². The predicted molar refractivity (Wildman–Crippen MR) is 46.4 cm³/mol. The second-order valence-electron chi connectivity index (χ2n) is 2.80. The van der Waals surface area contributed by atoms with E-state index < -0.39 is 46.7 Å². The second-order valence-corrected chi connectivity index (χ2v) is 3.82. The van der Waals surface area contributed by atoms with Crippen LogP contribution in [0.2, 0.25) is 0 Å². The average molecular weight is 280 g/mol. The minimum atomic E-state index is -4.99. The monoisotopic (exact) mass is 280 g/mol. The molecular weight excluding hydrogens is 271 g/mol. The molecule has 0 unspecified atom stereocenters. The van der Waals surface area contributed by atoms with Crippen molar-refractivity contribution in [2.45, 2.75) is 12.2 Å². The van der Waals surface area contributed by atoms with Gasteiger partial charge in [-0.15, -0.1) is 0 Å². The van der Waals surface area contributed by atoms with Gasteiger partial charge in [0.15, 0.2) is 11.9 Å². The molecule has 94 valence electrons. The molecule has 0 aromatic heterocycles. The van der Waals surface area contributed by atoms with Crippen molar-refractivity contribution in [3.63, 3.8) is 0 Å². The Hall–Kier alpha value is -0.360. The first-order valence-electron chi connectivity index (χ1n) is 3.86. The number of carbonyl (C=O) groups excluding carboxylic acids is 1. The van der Waals surface area contributed by atoms with Crippen LogP contribution >= 0.6 is 0 Å². The Balaban J connectivity index is 0. The fourth-order valence-electron chi connectivity index (χ4n) is 0.997. The van der Waals surface area contributed by atoms with Crippen LogP contribution in [0.25, 0.3) is 0 Å². The van der Waals surface area contributed by atoms with Crippen molar-refractivity contribution < 1.29 is 73.0 Å². The SMILES string of the molecule is O=C1O[C@H]([C@@H](O)CO)C(O)=C1OS(=O)(=O)O.[H-].[Na+]. The summed E-state index contributed by atoms with van der Waals surface area (Å²) in [6.45, 7) is -0.832. The zero-order chi connectivity index (χ0) is 12.5. The van der Waals surface area contributed by atoms with E-state index in [0.29, 0.717) is 0 Å². The Morgan fingerprint density at radius 1 is 1.53 bits per heavy atom. The number of hydrogen-bond donors (Lipinski definition) is 4. The number of aliphatic hydroxyl groups is 3. The Morgan fingerprint density at radius 3 is 2.47 bits per heavy atom. The van der Waals surface area contributed by atoms with Gasteiger partial charge >= 0.3 is 45.9 Å². The van der Waals surface area contributed by atoms with Crippen molar-refractivity contribution in [1.29, 1.82) is 0 Å². The maximum atomic E-state index is 11.0. The summed E-state index contributed by atoms with van der Waals surface area (Å²) in [7, 11) is -4.99. The van der Waals surface area contributed by atoms with Crippen molar-refractivity contribution in [1.82, 2.24) is 0 Å². The molecule has 1 aliphatic rings. The summed E-state index contributed by atoms with van der Waals surface area (Å²) in [5, 5.41) is 26.9. The Morgan fingerprint density at radius 2 is 2.06 bits per heavy atom.